The lowest BCUT2D eigenvalue weighted by Crippen LogP contribution is -2.51. The van der Waals surface area contributed by atoms with E-state index in [-0.39, 0.29) is 18.0 Å². The number of amides is 1. The molecule has 3 fully saturated rings. The van der Waals surface area contributed by atoms with Crippen LogP contribution in [0.3, 0.4) is 0 Å². The van der Waals surface area contributed by atoms with Gasteiger partial charge in [-0.1, -0.05) is 19.3 Å². The van der Waals surface area contributed by atoms with Crippen LogP contribution in [0.1, 0.15) is 62.2 Å². The minimum absolute atomic E-state index is 0.199. The van der Waals surface area contributed by atoms with Gasteiger partial charge in [-0.15, -0.1) is 11.3 Å². The van der Waals surface area contributed by atoms with Gasteiger partial charge in [0.1, 0.15) is 0 Å². The molecule has 168 valence electrons. The molecule has 3 aliphatic rings. The maximum atomic E-state index is 12.2. The second-order valence-corrected chi connectivity index (χ2v) is 9.24. The molecule has 7 nitrogen and oxygen atoms in total. The molecular weight excluding hydrogens is 421 g/mol. The highest BCUT2D eigenvalue weighted by Crippen LogP contribution is 2.37. The number of rotatable bonds is 4. The summed E-state index contributed by atoms with van der Waals surface area (Å²) in [5.41, 5.74) is 5.85. The molecule has 1 unspecified atom stereocenters. The van der Waals surface area contributed by atoms with Gasteiger partial charge in [0.15, 0.2) is 5.13 Å². The predicted octanol–water partition coefficient (Wildman–Crippen LogP) is 3.33. The fraction of sp³-hybridized carbons (Fsp3) is 0.737. The molecule has 1 saturated heterocycles. The van der Waals surface area contributed by atoms with Crippen LogP contribution in [0.4, 0.5) is 18.3 Å². The summed E-state index contributed by atoms with van der Waals surface area (Å²) in [4.78, 5) is 29.1. The highest BCUT2D eigenvalue weighted by atomic mass is 32.1. The van der Waals surface area contributed by atoms with Gasteiger partial charge < -0.3 is 21.1 Å². The van der Waals surface area contributed by atoms with Crippen molar-refractivity contribution in [2.24, 2.45) is 5.73 Å². The molecule has 4 rings (SSSR count). The number of nitrogens with two attached hydrogens (primary N) is 1. The van der Waals surface area contributed by atoms with Crippen molar-refractivity contribution in [1.82, 2.24) is 9.88 Å². The second kappa shape index (κ2) is 9.51. The highest BCUT2D eigenvalue weighted by molar-refractivity contribution is 7.15. The van der Waals surface area contributed by atoms with Crippen molar-refractivity contribution in [3.8, 4) is 0 Å². The SMILES string of the molecule is NC1CC(N2CC(Nc3ncc(C4CCCCC4)s3)CC2=O)C1.O=C(O)C(F)(F)F. The zero-order valence-corrected chi connectivity index (χ0v) is 17.3. The Morgan fingerprint density at radius 1 is 1.27 bits per heavy atom. The molecule has 1 atom stereocenters. The van der Waals surface area contributed by atoms with E-state index in [0.29, 0.717) is 18.4 Å². The van der Waals surface area contributed by atoms with Gasteiger partial charge in [-0.25, -0.2) is 9.78 Å². The van der Waals surface area contributed by atoms with E-state index in [1.54, 1.807) is 11.3 Å². The van der Waals surface area contributed by atoms with E-state index in [1.807, 2.05) is 11.1 Å². The number of likely N-dealkylation sites (tertiary alicyclic amines) is 1. The van der Waals surface area contributed by atoms with Gasteiger partial charge in [0.25, 0.3) is 0 Å². The van der Waals surface area contributed by atoms with Crippen LogP contribution < -0.4 is 11.1 Å². The predicted molar refractivity (Wildman–Crippen MR) is 106 cm³/mol. The van der Waals surface area contributed by atoms with E-state index >= 15 is 0 Å². The van der Waals surface area contributed by atoms with Crippen LogP contribution in [0.25, 0.3) is 0 Å². The maximum Gasteiger partial charge on any atom is 0.490 e. The number of carbonyl (C=O) groups is 2. The van der Waals surface area contributed by atoms with Crippen LogP contribution in [0, 0.1) is 0 Å². The molecule has 0 radical (unpaired) electrons. The Morgan fingerprint density at radius 2 is 1.90 bits per heavy atom. The number of nitrogens with zero attached hydrogens (tertiary/aromatic N) is 2. The highest BCUT2D eigenvalue weighted by Gasteiger charge is 2.40. The topological polar surface area (TPSA) is 109 Å². The van der Waals surface area contributed by atoms with Gasteiger partial charge in [-0.3, -0.25) is 4.79 Å². The minimum atomic E-state index is -5.08. The fourth-order valence-electron chi connectivity index (χ4n) is 4.17. The molecule has 0 spiro atoms. The summed E-state index contributed by atoms with van der Waals surface area (Å²) >= 11 is 1.79. The third-order valence-corrected chi connectivity index (χ3v) is 6.94. The van der Waals surface area contributed by atoms with E-state index < -0.39 is 12.1 Å². The first-order valence-corrected chi connectivity index (χ1v) is 11.0. The molecule has 4 N–H and O–H groups in total. The fourth-order valence-corrected chi connectivity index (χ4v) is 5.23. The first kappa shape index (κ1) is 22.8. The number of carboxylic acid groups (broad SMARTS) is 1. The number of aromatic nitrogens is 1. The largest absolute Gasteiger partial charge is 0.490 e. The van der Waals surface area contributed by atoms with Crippen LogP contribution in [-0.4, -0.2) is 57.7 Å². The van der Waals surface area contributed by atoms with Crippen molar-refractivity contribution in [3.63, 3.8) is 0 Å². The minimum Gasteiger partial charge on any atom is -0.475 e. The van der Waals surface area contributed by atoms with Gasteiger partial charge in [0.05, 0.1) is 6.04 Å². The smallest absolute Gasteiger partial charge is 0.475 e. The van der Waals surface area contributed by atoms with Crippen LogP contribution >= 0.6 is 11.3 Å². The Balaban J connectivity index is 0.000000318. The van der Waals surface area contributed by atoms with Crippen molar-refractivity contribution >= 4 is 28.3 Å². The monoisotopic (exact) mass is 448 g/mol. The summed E-state index contributed by atoms with van der Waals surface area (Å²) in [7, 11) is 0. The molecule has 11 heteroatoms. The zero-order valence-electron chi connectivity index (χ0n) is 16.5. The third kappa shape index (κ3) is 5.84. The third-order valence-electron chi connectivity index (χ3n) is 5.85. The van der Waals surface area contributed by atoms with Crippen molar-refractivity contribution in [2.75, 3.05) is 11.9 Å². The number of nitrogens with one attached hydrogen (secondary N) is 1. The molecule has 30 heavy (non-hydrogen) atoms. The Kier molecular flexibility index (Phi) is 7.22. The Morgan fingerprint density at radius 3 is 2.47 bits per heavy atom. The lowest BCUT2D eigenvalue weighted by molar-refractivity contribution is -0.192. The van der Waals surface area contributed by atoms with Crippen LogP contribution in [0.5, 0.6) is 0 Å². The van der Waals surface area contributed by atoms with Crippen molar-refractivity contribution in [2.45, 2.75) is 81.6 Å². The molecule has 2 saturated carbocycles. The average Bonchev–Trinajstić information content (AvgIpc) is 3.26. The van der Waals surface area contributed by atoms with Crippen LogP contribution in [0.2, 0.25) is 0 Å². The molecule has 1 aromatic rings. The van der Waals surface area contributed by atoms with E-state index in [9.17, 15) is 18.0 Å². The number of aliphatic carboxylic acids is 1. The van der Waals surface area contributed by atoms with E-state index in [2.05, 4.69) is 10.3 Å². The number of carboxylic acids is 1. The molecule has 2 aliphatic carbocycles. The zero-order chi connectivity index (χ0) is 21.9. The van der Waals surface area contributed by atoms with Crippen molar-refractivity contribution in [3.05, 3.63) is 11.1 Å². The van der Waals surface area contributed by atoms with Crippen LogP contribution in [-0.2, 0) is 9.59 Å². The normalized spacial score (nSPS) is 27.3. The summed E-state index contributed by atoms with van der Waals surface area (Å²) in [5.74, 6) is -1.79. The Hall–Kier alpha value is -1.88. The number of thiazole rings is 1. The molecule has 0 bridgehead atoms. The number of carbonyl (C=O) groups excluding carboxylic acids is 1. The van der Waals surface area contributed by atoms with Crippen molar-refractivity contribution in [1.29, 1.82) is 0 Å². The van der Waals surface area contributed by atoms with Gasteiger partial charge >= 0.3 is 12.1 Å². The number of hydrogen-bond acceptors (Lipinski definition) is 6. The number of hydrogen-bond donors (Lipinski definition) is 3. The Bertz CT molecular complexity index is 746. The molecule has 2 heterocycles. The molecule has 1 amide bonds. The Labute approximate surface area is 176 Å². The van der Waals surface area contributed by atoms with E-state index in [0.717, 1.165) is 24.5 Å². The summed E-state index contributed by atoms with van der Waals surface area (Å²) in [6, 6.07) is 0.861. The van der Waals surface area contributed by atoms with Gasteiger partial charge in [-0.05, 0) is 31.6 Å². The molecular formula is C19H27F3N4O3S. The number of alkyl halides is 3. The first-order valence-electron chi connectivity index (χ1n) is 10.2. The van der Waals surface area contributed by atoms with Gasteiger partial charge in [0, 0.05) is 36.1 Å². The molecule has 1 aromatic heterocycles. The van der Waals surface area contributed by atoms with Gasteiger partial charge in [0.2, 0.25) is 5.91 Å². The maximum absolute atomic E-state index is 12.2. The lowest BCUT2D eigenvalue weighted by atomic mass is 9.86. The quantitative estimate of drug-likeness (QED) is 0.652. The van der Waals surface area contributed by atoms with Crippen molar-refractivity contribution < 1.29 is 27.9 Å². The summed E-state index contributed by atoms with van der Waals surface area (Å²) in [5, 5.41) is 11.6. The molecule has 0 aromatic carbocycles. The molecule has 1 aliphatic heterocycles. The average molecular weight is 449 g/mol. The van der Waals surface area contributed by atoms with Crippen LogP contribution in [0.15, 0.2) is 6.20 Å². The number of anilines is 1. The summed E-state index contributed by atoms with van der Waals surface area (Å²) in [6.07, 6.45) is 6.15. The lowest BCUT2D eigenvalue weighted by Gasteiger charge is -2.39. The first-order chi connectivity index (χ1) is 14.1. The summed E-state index contributed by atoms with van der Waals surface area (Å²) < 4.78 is 31.7. The number of halogens is 3. The van der Waals surface area contributed by atoms with Gasteiger partial charge in [-0.2, -0.15) is 13.2 Å². The van der Waals surface area contributed by atoms with E-state index in [1.165, 1.54) is 37.0 Å². The second-order valence-electron chi connectivity index (χ2n) is 8.18. The summed E-state index contributed by atoms with van der Waals surface area (Å²) in [6.45, 7) is 0.800. The van der Waals surface area contributed by atoms with E-state index in [4.69, 9.17) is 15.6 Å². The standard InChI is InChI=1S/C17H26N4OS.C2HF3O2/c18-12-6-14(7-12)21-10-13(8-16(21)22)20-17-19-9-15(23-17)11-4-2-1-3-5-11;3-2(4,5)1(6)7/h9,11-14H,1-8,10,18H2,(H,19,20);(H,6,7).